The Bertz CT molecular complexity index is 1620. The molecule has 0 fully saturated rings. The highest BCUT2D eigenvalue weighted by Crippen LogP contribution is 2.34. The van der Waals surface area contributed by atoms with E-state index < -0.39 is 0 Å². The lowest BCUT2D eigenvalue weighted by molar-refractivity contribution is 0.326. The minimum Gasteiger partial charge on any atom is -0.493 e. The van der Waals surface area contributed by atoms with Gasteiger partial charge in [-0.25, -0.2) is 4.98 Å². The molecule has 0 unspecified atom stereocenters. The highest BCUT2D eigenvalue weighted by molar-refractivity contribution is 6.31. The molecule has 0 aliphatic rings. The van der Waals surface area contributed by atoms with E-state index in [2.05, 4.69) is 11.7 Å². The highest BCUT2D eigenvalue weighted by Gasteiger charge is 2.17. The van der Waals surface area contributed by atoms with Crippen molar-refractivity contribution in [1.82, 2.24) is 9.66 Å². The average molecular weight is 486 g/mol. The van der Waals surface area contributed by atoms with E-state index in [0.29, 0.717) is 44.3 Å². The normalized spacial score (nSPS) is 11.4. The largest absolute Gasteiger partial charge is 0.493 e. The summed E-state index contributed by atoms with van der Waals surface area (Å²) in [5.41, 5.74) is 1.40. The van der Waals surface area contributed by atoms with Crippen molar-refractivity contribution in [2.24, 2.45) is 5.10 Å². The summed E-state index contributed by atoms with van der Waals surface area (Å²) in [4.78, 5) is 18.2. The monoisotopic (exact) mass is 485 g/mol. The van der Waals surface area contributed by atoms with Gasteiger partial charge in [-0.05, 0) is 30.3 Å². The van der Waals surface area contributed by atoms with E-state index in [-0.39, 0.29) is 18.0 Å². The summed E-state index contributed by atoms with van der Waals surface area (Å²) in [7, 11) is 1.52. The van der Waals surface area contributed by atoms with Crippen LogP contribution in [0.1, 0.15) is 5.56 Å². The Morgan fingerprint density at radius 1 is 1.14 bits per heavy atom. The molecule has 0 spiro atoms. The maximum absolute atomic E-state index is 13.5. The number of methoxy groups -OCH3 is 1. The number of ether oxygens (including phenoxy) is 2. The van der Waals surface area contributed by atoms with Crippen LogP contribution >= 0.6 is 11.6 Å². The zero-order chi connectivity index (χ0) is 24.4. The number of hydrogen-bond acceptors (Lipinski definition) is 6. The van der Waals surface area contributed by atoms with Crippen LogP contribution in [0.2, 0.25) is 5.02 Å². The minimum absolute atomic E-state index is 0.251. The van der Waals surface area contributed by atoms with Gasteiger partial charge >= 0.3 is 0 Å². The molecule has 35 heavy (non-hydrogen) atoms. The van der Waals surface area contributed by atoms with E-state index >= 15 is 0 Å². The molecule has 0 aliphatic carbocycles. The Balaban J connectivity index is 1.72. The van der Waals surface area contributed by atoms with Gasteiger partial charge in [0.2, 0.25) is 5.82 Å². The number of aromatic nitrogens is 2. The molecular formula is C27H20ClN3O4. The third-order valence-corrected chi connectivity index (χ3v) is 5.54. The first kappa shape index (κ1) is 22.4. The molecule has 7 nitrogen and oxygen atoms in total. The van der Waals surface area contributed by atoms with E-state index in [1.807, 2.05) is 36.4 Å². The minimum atomic E-state index is -0.343. The topological polar surface area (TPSA) is 78.9 Å². The maximum atomic E-state index is 13.5. The van der Waals surface area contributed by atoms with Crippen molar-refractivity contribution >= 4 is 39.7 Å². The fourth-order valence-corrected chi connectivity index (χ4v) is 3.95. The lowest BCUT2D eigenvalue weighted by atomic mass is 10.2. The predicted molar refractivity (Wildman–Crippen MR) is 138 cm³/mol. The molecule has 0 saturated carbocycles. The van der Waals surface area contributed by atoms with Crippen LogP contribution in [0.4, 0.5) is 0 Å². The van der Waals surface area contributed by atoms with E-state index in [1.165, 1.54) is 18.0 Å². The highest BCUT2D eigenvalue weighted by atomic mass is 35.5. The molecule has 3 aromatic carbocycles. The molecule has 5 aromatic rings. The number of nitrogens with zero attached hydrogens (tertiary/aromatic N) is 3. The Morgan fingerprint density at radius 3 is 2.74 bits per heavy atom. The zero-order valence-corrected chi connectivity index (χ0v) is 19.5. The van der Waals surface area contributed by atoms with Gasteiger partial charge in [-0.3, -0.25) is 4.79 Å². The number of furan rings is 1. The second-order valence-electron chi connectivity index (χ2n) is 7.59. The molecule has 8 heteroatoms. The number of benzene rings is 3. The molecule has 0 atom stereocenters. The molecule has 2 aromatic heterocycles. The molecule has 0 bridgehead atoms. The van der Waals surface area contributed by atoms with Gasteiger partial charge in [0.05, 0.1) is 24.2 Å². The number of para-hydroxylation sites is 2. The van der Waals surface area contributed by atoms with Crippen LogP contribution in [0.3, 0.4) is 0 Å². The maximum Gasteiger partial charge on any atom is 0.282 e. The third kappa shape index (κ3) is 4.29. The standard InChI is InChI=1S/C27H20ClN3O4/c1-3-12-34-25-18(13-19(28)15-23(25)33-2)16-29-31-26(24-14-17-8-4-7-11-22(17)35-24)30-21-10-6-5-9-20(21)27(31)32/h3-11,13-16H,1,12H2,2H3. The Labute approximate surface area is 205 Å². The molecule has 2 heterocycles. The van der Waals surface area contributed by atoms with Gasteiger partial charge in [-0.15, -0.1) is 0 Å². The third-order valence-electron chi connectivity index (χ3n) is 5.33. The van der Waals surface area contributed by atoms with Crippen LogP contribution < -0.4 is 15.0 Å². The van der Waals surface area contributed by atoms with E-state index in [0.717, 1.165) is 5.39 Å². The van der Waals surface area contributed by atoms with Gasteiger partial charge in [-0.1, -0.05) is 54.6 Å². The van der Waals surface area contributed by atoms with E-state index in [1.54, 1.807) is 36.4 Å². The van der Waals surface area contributed by atoms with Crippen LogP contribution in [0.5, 0.6) is 11.5 Å². The number of fused-ring (bicyclic) bond motifs is 2. The van der Waals surface area contributed by atoms with Gasteiger partial charge in [0.1, 0.15) is 12.2 Å². The Hall–Kier alpha value is -4.36. The van der Waals surface area contributed by atoms with Crippen LogP contribution in [0, 0.1) is 0 Å². The zero-order valence-electron chi connectivity index (χ0n) is 18.8. The van der Waals surface area contributed by atoms with Crippen molar-refractivity contribution in [2.75, 3.05) is 13.7 Å². The van der Waals surface area contributed by atoms with Crippen molar-refractivity contribution < 1.29 is 13.9 Å². The Morgan fingerprint density at radius 2 is 1.94 bits per heavy atom. The first-order valence-corrected chi connectivity index (χ1v) is 11.1. The van der Waals surface area contributed by atoms with Gasteiger partial charge in [0.15, 0.2) is 17.3 Å². The summed E-state index contributed by atoms with van der Waals surface area (Å²) >= 11 is 6.28. The smallest absolute Gasteiger partial charge is 0.282 e. The number of rotatable bonds is 7. The van der Waals surface area contributed by atoms with Crippen molar-refractivity contribution in [3.8, 4) is 23.1 Å². The van der Waals surface area contributed by atoms with Crippen LogP contribution in [0.15, 0.2) is 93.7 Å². The summed E-state index contributed by atoms with van der Waals surface area (Å²) in [6, 6.07) is 19.8. The van der Waals surface area contributed by atoms with Crippen LogP contribution in [0.25, 0.3) is 33.5 Å². The van der Waals surface area contributed by atoms with Gasteiger partial charge in [-0.2, -0.15) is 9.78 Å². The average Bonchev–Trinajstić information content (AvgIpc) is 3.31. The fourth-order valence-electron chi connectivity index (χ4n) is 3.74. The van der Waals surface area contributed by atoms with Crippen molar-refractivity contribution in [3.63, 3.8) is 0 Å². The summed E-state index contributed by atoms with van der Waals surface area (Å²) in [5, 5.41) is 6.24. The van der Waals surface area contributed by atoms with E-state index in [9.17, 15) is 4.79 Å². The van der Waals surface area contributed by atoms with Gasteiger partial charge in [0, 0.05) is 22.0 Å². The molecule has 0 saturated heterocycles. The molecular weight excluding hydrogens is 466 g/mol. The predicted octanol–water partition coefficient (Wildman–Crippen LogP) is 5.92. The quantitative estimate of drug-likeness (QED) is 0.211. The SMILES string of the molecule is C=CCOc1c(C=Nn2c(-c3cc4ccccc4o3)nc3ccccc3c2=O)cc(Cl)cc1OC. The first-order chi connectivity index (χ1) is 17.1. The second kappa shape index (κ2) is 9.48. The molecule has 0 amide bonds. The van der Waals surface area contributed by atoms with Crippen molar-refractivity contribution in [1.29, 1.82) is 0 Å². The van der Waals surface area contributed by atoms with Crippen LogP contribution in [-0.2, 0) is 0 Å². The van der Waals surface area contributed by atoms with Gasteiger partial charge < -0.3 is 13.9 Å². The Kier molecular flexibility index (Phi) is 6.08. The molecule has 0 aliphatic heterocycles. The lowest BCUT2D eigenvalue weighted by Gasteiger charge is -2.13. The van der Waals surface area contributed by atoms with Crippen molar-refractivity contribution in [2.45, 2.75) is 0 Å². The van der Waals surface area contributed by atoms with Gasteiger partial charge in [0.25, 0.3) is 5.56 Å². The summed E-state index contributed by atoms with van der Waals surface area (Å²) in [5.74, 6) is 1.54. The number of hydrogen-bond donors (Lipinski definition) is 0. The lowest BCUT2D eigenvalue weighted by Crippen LogP contribution is -2.20. The first-order valence-electron chi connectivity index (χ1n) is 10.8. The summed E-state index contributed by atoms with van der Waals surface area (Å²) in [6.45, 7) is 3.94. The van der Waals surface area contributed by atoms with Crippen molar-refractivity contribution in [3.05, 3.63) is 100 Å². The molecule has 174 valence electrons. The molecule has 0 radical (unpaired) electrons. The number of halogens is 1. The van der Waals surface area contributed by atoms with E-state index in [4.69, 9.17) is 30.5 Å². The molecule has 0 N–H and O–H groups in total. The molecule has 5 rings (SSSR count). The fraction of sp³-hybridized carbons (Fsp3) is 0.0741. The van der Waals surface area contributed by atoms with Crippen LogP contribution in [-0.4, -0.2) is 29.6 Å². The summed E-state index contributed by atoms with van der Waals surface area (Å²) < 4.78 is 18.4. The second-order valence-corrected chi connectivity index (χ2v) is 8.03. The summed E-state index contributed by atoms with van der Waals surface area (Å²) in [6.07, 6.45) is 3.10.